The lowest BCUT2D eigenvalue weighted by Crippen LogP contribution is -2.32. The van der Waals surface area contributed by atoms with E-state index in [0.29, 0.717) is 11.7 Å². The number of piperidine rings is 1. The Morgan fingerprint density at radius 3 is 2.64 bits per heavy atom. The van der Waals surface area contributed by atoms with Crippen LogP contribution >= 0.6 is 0 Å². The number of carbonyl (C=O) groups is 1. The normalized spacial score (nSPS) is 15.5. The smallest absolute Gasteiger partial charge is 0.308 e. The van der Waals surface area contributed by atoms with Gasteiger partial charge in [0.15, 0.2) is 0 Å². The molecule has 0 N–H and O–H groups in total. The number of carbonyl (C=O) groups excluding carboxylic acids is 1. The highest BCUT2D eigenvalue weighted by atomic mass is 16.5. The molecule has 0 saturated carbocycles. The zero-order valence-corrected chi connectivity index (χ0v) is 16.0. The van der Waals surface area contributed by atoms with Crippen molar-refractivity contribution in [1.82, 2.24) is 19.9 Å². The van der Waals surface area contributed by atoms with Gasteiger partial charge in [-0.15, -0.1) is 5.10 Å². The van der Waals surface area contributed by atoms with E-state index in [9.17, 15) is 4.79 Å². The van der Waals surface area contributed by atoms with Gasteiger partial charge in [-0.1, -0.05) is 35.5 Å². The molecule has 0 radical (unpaired) electrons. The number of ether oxygens (including phenoxy) is 1. The first kappa shape index (κ1) is 18.4. The van der Waals surface area contributed by atoms with Gasteiger partial charge in [0, 0.05) is 13.5 Å². The Morgan fingerprint density at radius 2 is 1.89 bits per heavy atom. The third-order valence-corrected chi connectivity index (χ3v) is 5.13. The molecule has 6 nitrogen and oxygen atoms in total. The summed E-state index contributed by atoms with van der Waals surface area (Å²) in [6.07, 6.45) is 4.16. The van der Waals surface area contributed by atoms with Gasteiger partial charge in [-0.05, 0) is 61.7 Å². The van der Waals surface area contributed by atoms with Crippen molar-refractivity contribution in [3.63, 3.8) is 0 Å². The van der Waals surface area contributed by atoms with Crippen molar-refractivity contribution < 1.29 is 9.53 Å². The molecule has 1 fully saturated rings. The van der Waals surface area contributed by atoms with E-state index >= 15 is 0 Å². The lowest BCUT2D eigenvalue weighted by Gasteiger charge is -2.31. The van der Waals surface area contributed by atoms with Crippen LogP contribution in [-0.2, 0) is 11.3 Å². The summed E-state index contributed by atoms with van der Waals surface area (Å²) in [5, 5.41) is 8.57. The molecule has 3 aromatic rings. The minimum absolute atomic E-state index is 0.282. The third-order valence-electron chi connectivity index (χ3n) is 5.13. The predicted octanol–water partition coefficient (Wildman–Crippen LogP) is 3.57. The molecule has 2 heterocycles. The summed E-state index contributed by atoms with van der Waals surface area (Å²) in [5.74, 6) is 0.840. The van der Waals surface area contributed by atoms with Crippen LogP contribution in [0.2, 0.25) is 0 Å². The number of hydrogen-bond donors (Lipinski definition) is 0. The molecule has 0 amide bonds. The summed E-state index contributed by atoms with van der Waals surface area (Å²) < 4.78 is 7.04. The van der Waals surface area contributed by atoms with Crippen molar-refractivity contribution in [1.29, 1.82) is 0 Å². The number of likely N-dealkylation sites (tertiary alicyclic amines) is 1. The lowest BCUT2D eigenvalue weighted by atomic mass is 9.89. The molecule has 1 saturated heterocycles. The van der Waals surface area contributed by atoms with E-state index in [1.807, 2.05) is 59.4 Å². The zero-order chi connectivity index (χ0) is 19.3. The van der Waals surface area contributed by atoms with Crippen LogP contribution in [0.15, 0.2) is 60.8 Å². The minimum atomic E-state index is -0.282. The molecular formula is C22H24N4O2. The summed E-state index contributed by atoms with van der Waals surface area (Å²) in [6, 6.07) is 17.9. The van der Waals surface area contributed by atoms with Crippen LogP contribution in [-0.4, -0.2) is 39.0 Å². The second-order valence-corrected chi connectivity index (χ2v) is 7.21. The summed E-state index contributed by atoms with van der Waals surface area (Å²) >= 11 is 0. The summed E-state index contributed by atoms with van der Waals surface area (Å²) in [4.78, 5) is 13.6. The van der Waals surface area contributed by atoms with E-state index in [0.717, 1.165) is 43.9 Å². The fraction of sp³-hybridized carbons (Fsp3) is 0.318. The molecule has 0 aliphatic carbocycles. The fourth-order valence-corrected chi connectivity index (χ4v) is 3.73. The number of nitrogens with zero attached hydrogens (tertiary/aromatic N) is 4. The number of benzene rings is 2. The van der Waals surface area contributed by atoms with Crippen LogP contribution in [0.4, 0.5) is 0 Å². The van der Waals surface area contributed by atoms with E-state index in [-0.39, 0.29) is 5.97 Å². The molecule has 144 valence electrons. The maximum absolute atomic E-state index is 11.2. The topological polar surface area (TPSA) is 60.2 Å². The fourth-order valence-electron chi connectivity index (χ4n) is 3.73. The van der Waals surface area contributed by atoms with Crippen molar-refractivity contribution in [2.24, 2.45) is 0 Å². The Kier molecular flexibility index (Phi) is 5.48. The molecule has 28 heavy (non-hydrogen) atoms. The summed E-state index contributed by atoms with van der Waals surface area (Å²) in [5.41, 5.74) is 3.25. The van der Waals surface area contributed by atoms with E-state index in [1.54, 1.807) is 0 Å². The van der Waals surface area contributed by atoms with E-state index < -0.39 is 0 Å². The van der Waals surface area contributed by atoms with Crippen molar-refractivity contribution >= 4 is 5.97 Å². The van der Waals surface area contributed by atoms with Crippen molar-refractivity contribution in [3.8, 4) is 11.4 Å². The maximum atomic E-state index is 11.2. The van der Waals surface area contributed by atoms with Crippen LogP contribution < -0.4 is 4.74 Å². The van der Waals surface area contributed by atoms with Gasteiger partial charge in [0.05, 0.1) is 17.6 Å². The highest BCUT2D eigenvalue weighted by molar-refractivity contribution is 5.69. The van der Waals surface area contributed by atoms with Crippen molar-refractivity contribution in [2.75, 3.05) is 13.1 Å². The standard InChI is InChI=1S/C22H24N4O2/c1-17(27)28-22-9-5-6-19(14-22)18-10-12-25(13-11-18)15-20-16-26(24-23-20)21-7-3-2-4-8-21/h2-9,14,16,18H,10-13,15H2,1H3. The zero-order valence-electron chi connectivity index (χ0n) is 16.0. The molecule has 0 bridgehead atoms. The second kappa shape index (κ2) is 8.35. The number of aromatic nitrogens is 3. The molecule has 1 aliphatic rings. The molecular weight excluding hydrogens is 352 g/mol. The Hall–Kier alpha value is -2.99. The third kappa shape index (κ3) is 4.46. The van der Waals surface area contributed by atoms with Gasteiger partial charge in [0.1, 0.15) is 5.75 Å². The molecule has 2 aromatic carbocycles. The predicted molar refractivity (Wildman–Crippen MR) is 106 cm³/mol. The highest BCUT2D eigenvalue weighted by Crippen LogP contribution is 2.30. The monoisotopic (exact) mass is 376 g/mol. The first-order valence-electron chi connectivity index (χ1n) is 9.65. The van der Waals surface area contributed by atoms with Gasteiger partial charge < -0.3 is 4.74 Å². The molecule has 1 aromatic heterocycles. The van der Waals surface area contributed by atoms with Gasteiger partial charge in [-0.2, -0.15) is 0 Å². The Balaban J connectivity index is 1.34. The average Bonchev–Trinajstić information content (AvgIpc) is 3.17. The van der Waals surface area contributed by atoms with Gasteiger partial charge >= 0.3 is 5.97 Å². The lowest BCUT2D eigenvalue weighted by molar-refractivity contribution is -0.131. The molecule has 6 heteroatoms. The highest BCUT2D eigenvalue weighted by Gasteiger charge is 2.22. The Bertz CT molecular complexity index is 930. The van der Waals surface area contributed by atoms with E-state index in [1.165, 1.54) is 12.5 Å². The largest absolute Gasteiger partial charge is 0.427 e. The second-order valence-electron chi connectivity index (χ2n) is 7.21. The molecule has 0 atom stereocenters. The van der Waals surface area contributed by atoms with Crippen LogP contribution in [0.1, 0.15) is 36.9 Å². The van der Waals surface area contributed by atoms with Crippen LogP contribution in [0.25, 0.3) is 5.69 Å². The van der Waals surface area contributed by atoms with Gasteiger partial charge in [-0.25, -0.2) is 4.68 Å². The molecule has 0 spiro atoms. The SMILES string of the molecule is CC(=O)Oc1cccc(C2CCN(Cc3cn(-c4ccccc4)nn3)CC2)c1. The van der Waals surface area contributed by atoms with Crippen molar-refractivity contribution in [3.05, 3.63) is 72.1 Å². The average molecular weight is 376 g/mol. The van der Waals surface area contributed by atoms with Crippen LogP contribution in [0.5, 0.6) is 5.75 Å². The molecule has 4 rings (SSSR count). The first-order chi connectivity index (χ1) is 13.7. The minimum Gasteiger partial charge on any atom is -0.427 e. The van der Waals surface area contributed by atoms with E-state index in [4.69, 9.17) is 4.74 Å². The summed E-state index contributed by atoms with van der Waals surface area (Å²) in [7, 11) is 0. The number of hydrogen-bond acceptors (Lipinski definition) is 5. The molecule has 0 unspecified atom stereocenters. The quantitative estimate of drug-likeness (QED) is 0.503. The maximum Gasteiger partial charge on any atom is 0.308 e. The Labute approximate surface area is 164 Å². The summed E-state index contributed by atoms with van der Waals surface area (Å²) in [6.45, 7) is 4.27. The number of esters is 1. The van der Waals surface area contributed by atoms with E-state index in [2.05, 4.69) is 21.3 Å². The first-order valence-corrected chi connectivity index (χ1v) is 9.65. The molecule has 1 aliphatic heterocycles. The Morgan fingerprint density at radius 1 is 1.11 bits per heavy atom. The van der Waals surface area contributed by atoms with Crippen molar-refractivity contribution in [2.45, 2.75) is 32.2 Å². The van der Waals surface area contributed by atoms with Gasteiger partial charge in [-0.3, -0.25) is 9.69 Å². The van der Waals surface area contributed by atoms with Gasteiger partial charge in [0.25, 0.3) is 0 Å². The van der Waals surface area contributed by atoms with Gasteiger partial charge in [0.2, 0.25) is 0 Å². The van der Waals surface area contributed by atoms with Crippen LogP contribution in [0.3, 0.4) is 0 Å². The van der Waals surface area contributed by atoms with Crippen LogP contribution in [0, 0.1) is 0 Å². The number of rotatable bonds is 5. The number of para-hydroxylation sites is 1.